The van der Waals surface area contributed by atoms with Crippen LogP contribution in [-0.4, -0.2) is 52.4 Å². The molecule has 114 valence electrons. The first-order valence-corrected chi connectivity index (χ1v) is 6.93. The van der Waals surface area contributed by atoms with Crippen molar-refractivity contribution in [3.8, 4) is 0 Å². The van der Waals surface area contributed by atoms with Crippen LogP contribution in [0.15, 0.2) is 18.2 Å². The van der Waals surface area contributed by atoms with Gasteiger partial charge in [-0.25, -0.2) is 4.68 Å². The van der Waals surface area contributed by atoms with Crippen molar-refractivity contribution in [1.82, 2.24) is 20.3 Å². The predicted octanol–water partition coefficient (Wildman–Crippen LogP) is 0.578. The molecule has 0 aliphatic carbocycles. The molecule has 0 saturated heterocycles. The number of amides is 1. The van der Waals surface area contributed by atoms with Crippen molar-refractivity contribution < 1.29 is 14.6 Å². The van der Waals surface area contributed by atoms with E-state index in [9.17, 15) is 4.79 Å². The maximum absolute atomic E-state index is 12.2. The van der Waals surface area contributed by atoms with Crippen molar-refractivity contribution in [2.45, 2.75) is 25.9 Å². The van der Waals surface area contributed by atoms with Crippen LogP contribution in [0.3, 0.4) is 0 Å². The molecular weight excluding hydrogens is 272 g/mol. The van der Waals surface area contributed by atoms with Crippen LogP contribution in [0, 0.1) is 0 Å². The van der Waals surface area contributed by atoms with Gasteiger partial charge in [-0.05, 0) is 31.5 Å². The summed E-state index contributed by atoms with van der Waals surface area (Å²) in [7, 11) is 1.56. The number of hydrogen-bond acceptors (Lipinski definition) is 5. The molecule has 0 radical (unpaired) electrons. The van der Waals surface area contributed by atoms with Gasteiger partial charge < -0.3 is 15.2 Å². The van der Waals surface area contributed by atoms with E-state index in [-0.39, 0.29) is 18.6 Å². The van der Waals surface area contributed by atoms with Gasteiger partial charge in [0.1, 0.15) is 5.52 Å². The Balaban J connectivity index is 2.15. The highest BCUT2D eigenvalue weighted by atomic mass is 16.5. The Bertz CT molecular complexity index is 605. The second-order valence-electron chi connectivity index (χ2n) is 4.75. The molecule has 2 aromatic rings. The van der Waals surface area contributed by atoms with Crippen molar-refractivity contribution >= 4 is 16.9 Å². The molecule has 1 atom stereocenters. The minimum absolute atomic E-state index is 0.00182. The van der Waals surface area contributed by atoms with E-state index in [1.54, 1.807) is 23.9 Å². The number of ether oxygens (including phenoxy) is 1. The van der Waals surface area contributed by atoms with E-state index in [1.165, 1.54) is 0 Å². The van der Waals surface area contributed by atoms with Crippen LogP contribution < -0.4 is 5.32 Å². The maximum atomic E-state index is 12.2. The van der Waals surface area contributed by atoms with E-state index in [1.807, 2.05) is 13.0 Å². The average Bonchev–Trinajstić information content (AvgIpc) is 2.89. The monoisotopic (exact) mass is 292 g/mol. The third kappa shape index (κ3) is 3.56. The number of nitrogens with zero attached hydrogens (tertiary/aromatic N) is 3. The standard InChI is InChI=1S/C14H20N4O3/c1-3-18-13-5-4-10(8-12(13)16-17-18)14(20)15-11(6-7-19)9-21-2/h4-5,8,11,19H,3,6-7,9H2,1-2H3,(H,15,20). The zero-order valence-electron chi connectivity index (χ0n) is 12.2. The van der Waals surface area contributed by atoms with Gasteiger partial charge in [0, 0.05) is 25.8 Å². The molecule has 0 bridgehead atoms. The fourth-order valence-electron chi connectivity index (χ4n) is 2.17. The maximum Gasteiger partial charge on any atom is 0.251 e. The highest BCUT2D eigenvalue weighted by molar-refractivity contribution is 5.97. The Morgan fingerprint density at radius 3 is 3.00 bits per heavy atom. The minimum atomic E-state index is -0.213. The number of aromatic nitrogens is 3. The van der Waals surface area contributed by atoms with E-state index in [0.717, 1.165) is 12.1 Å². The van der Waals surface area contributed by atoms with E-state index in [0.29, 0.717) is 24.1 Å². The van der Waals surface area contributed by atoms with Crippen LogP contribution in [-0.2, 0) is 11.3 Å². The zero-order chi connectivity index (χ0) is 15.2. The molecule has 2 N–H and O–H groups in total. The lowest BCUT2D eigenvalue weighted by molar-refractivity contribution is 0.0879. The largest absolute Gasteiger partial charge is 0.396 e. The van der Waals surface area contributed by atoms with Crippen molar-refractivity contribution in [2.24, 2.45) is 0 Å². The number of benzene rings is 1. The molecule has 1 heterocycles. The summed E-state index contributed by atoms with van der Waals surface area (Å²) in [5.74, 6) is -0.210. The number of hydrogen-bond donors (Lipinski definition) is 2. The summed E-state index contributed by atoms with van der Waals surface area (Å²) >= 11 is 0. The van der Waals surface area contributed by atoms with E-state index < -0.39 is 0 Å². The zero-order valence-corrected chi connectivity index (χ0v) is 12.2. The summed E-state index contributed by atoms with van der Waals surface area (Å²) in [5.41, 5.74) is 2.11. The van der Waals surface area contributed by atoms with Crippen LogP contribution in [0.2, 0.25) is 0 Å². The molecule has 21 heavy (non-hydrogen) atoms. The molecule has 0 fully saturated rings. The van der Waals surface area contributed by atoms with E-state index in [4.69, 9.17) is 9.84 Å². The summed E-state index contributed by atoms with van der Waals surface area (Å²) < 4.78 is 6.80. The molecule has 1 aromatic carbocycles. The van der Waals surface area contributed by atoms with Crippen LogP contribution in [0.5, 0.6) is 0 Å². The van der Waals surface area contributed by atoms with Crippen molar-refractivity contribution in [1.29, 1.82) is 0 Å². The first-order valence-electron chi connectivity index (χ1n) is 6.93. The molecule has 0 aliphatic heterocycles. The third-order valence-electron chi connectivity index (χ3n) is 3.26. The fraction of sp³-hybridized carbons (Fsp3) is 0.500. The summed E-state index contributed by atoms with van der Waals surface area (Å²) in [6.45, 7) is 3.08. The smallest absolute Gasteiger partial charge is 0.251 e. The summed E-state index contributed by atoms with van der Waals surface area (Å²) in [6, 6.07) is 5.09. The highest BCUT2D eigenvalue weighted by Crippen LogP contribution is 2.13. The van der Waals surface area contributed by atoms with Gasteiger partial charge in [0.05, 0.1) is 18.2 Å². The number of rotatable bonds is 7. The number of carbonyl (C=O) groups excluding carboxylic acids is 1. The first kappa shape index (κ1) is 15.4. The second kappa shape index (κ2) is 7.14. The third-order valence-corrected chi connectivity index (χ3v) is 3.26. The topological polar surface area (TPSA) is 89.3 Å². The van der Waals surface area contributed by atoms with E-state index in [2.05, 4.69) is 15.6 Å². The molecular formula is C14H20N4O3. The molecule has 0 aliphatic rings. The van der Waals surface area contributed by atoms with Gasteiger partial charge in [-0.2, -0.15) is 0 Å². The molecule has 0 saturated carbocycles. The number of carbonyl (C=O) groups is 1. The minimum Gasteiger partial charge on any atom is -0.396 e. The number of aryl methyl sites for hydroxylation is 1. The van der Waals surface area contributed by atoms with Gasteiger partial charge in [-0.1, -0.05) is 5.21 Å². The van der Waals surface area contributed by atoms with Gasteiger partial charge in [-0.3, -0.25) is 4.79 Å². The van der Waals surface area contributed by atoms with Gasteiger partial charge in [-0.15, -0.1) is 5.10 Å². The molecule has 7 nitrogen and oxygen atoms in total. The van der Waals surface area contributed by atoms with Crippen molar-refractivity contribution in [2.75, 3.05) is 20.3 Å². The van der Waals surface area contributed by atoms with Crippen LogP contribution in [0.25, 0.3) is 11.0 Å². The lowest BCUT2D eigenvalue weighted by Crippen LogP contribution is -2.38. The molecule has 1 aromatic heterocycles. The Labute approximate surface area is 122 Å². The average molecular weight is 292 g/mol. The number of methoxy groups -OCH3 is 1. The molecule has 7 heteroatoms. The molecule has 1 amide bonds. The Hall–Kier alpha value is -1.99. The summed E-state index contributed by atoms with van der Waals surface area (Å²) in [6.07, 6.45) is 0.452. The number of aliphatic hydroxyl groups excluding tert-OH is 1. The van der Waals surface area contributed by atoms with Crippen LogP contribution >= 0.6 is 0 Å². The lowest BCUT2D eigenvalue weighted by atomic mass is 10.1. The lowest BCUT2D eigenvalue weighted by Gasteiger charge is -2.16. The second-order valence-corrected chi connectivity index (χ2v) is 4.75. The van der Waals surface area contributed by atoms with Gasteiger partial charge >= 0.3 is 0 Å². The number of aliphatic hydroxyl groups is 1. The van der Waals surface area contributed by atoms with Crippen LogP contribution in [0.1, 0.15) is 23.7 Å². The van der Waals surface area contributed by atoms with Crippen LogP contribution in [0.4, 0.5) is 0 Å². The summed E-state index contributed by atoms with van der Waals surface area (Å²) in [4.78, 5) is 12.2. The number of fused-ring (bicyclic) bond motifs is 1. The van der Waals surface area contributed by atoms with Crippen molar-refractivity contribution in [3.63, 3.8) is 0 Å². The Morgan fingerprint density at radius 2 is 2.33 bits per heavy atom. The molecule has 1 unspecified atom stereocenters. The SMILES string of the molecule is CCn1nnc2cc(C(=O)NC(CCO)COC)ccc21. The number of nitrogens with one attached hydrogen (secondary N) is 1. The highest BCUT2D eigenvalue weighted by Gasteiger charge is 2.14. The van der Waals surface area contributed by atoms with Crippen molar-refractivity contribution in [3.05, 3.63) is 23.8 Å². The fourth-order valence-corrected chi connectivity index (χ4v) is 2.17. The normalized spacial score (nSPS) is 12.5. The Morgan fingerprint density at radius 1 is 1.52 bits per heavy atom. The summed E-state index contributed by atoms with van der Waals surface area (Å²) in [5, 5.41) is 19.9. The molecule has 0 spiro atoms. The predicted molar refractivity (Wildman–Crippen MR) is 78.0 cm³/mol. The van der Waals surface area contributed by atoms with Gasteiger partial charge in [0.2, 0.25) is 0 Å². The van der Waals surface area contributed by atoms with E-state index >= 15 is 0 Å². The van der Waals surface area contributed by atoms with Gasteiger partial charge in [0.25, 0.3) is 5.91 Å². The molecule has 2 rings (SSSR count). The Kier molecular flexibility index (Phi) is 5.24. The first-order chi connectivity index (χ1) is 10.2. The quantitative estimate of drug-likeness (QED) is 0.779. The van der Waals surface area contributed by atoms with Gasteiger partial charge in [0.15, 0.2) is 0 Å².